The Bertz CT molecular complexity index is 473. The van der Waals surface area contributed by atoms with Gasteiger partial charge < -0.3 is 5.32 Å². The summed E-state index contributed by atoms with van der Waals surface area (Å²) in [6, 6.07) is 4.32. The number of likely N-dealkylation sites (tertiary alicyclic amines) is 1. The zero-order valence-corrected chi connectivity index (χ0v) is 12.1. The van der Waals surface area contributed by atoms with Crippen LogP contribution in [0.5, 0.6) is 0 Å². The number of nitrogens with zero attached hydrogens (tertiary/aromatic N) is 1. The summed E-state index contributed by atoms with van der Waals surface area (Å²) in [5.41, 5.74) is 2.00. The van der Waals surface area contributed by atoms with E-state index in [9.17, 15) is 8.78 Å². The fourth-order valence-electron chi connectivity index (χ4n) is 2.39. The minimum atomic E-state index is -0.799. The predicted molar refractivity (Wildman–Crippen MR) is 78.9 cm³/mol. The Labute approximate surface area is 119 Å². The van der Waals surface area contributed by atoms with Crippen molar-refractivity contribution in [3.05, 3.63) is 41.5 Å². The third-order valence-corrected chi connectivity index (χ3v) is 3.64. The second-order valence-corrected chi connectivity index (χ2v) is 5.63. The first kappa shape index (κ1) is 15.0. The van der Waals surface area contributed by atoms with Gasteiger partial charge in [-0.3, -0.25) is 4.90 Å². The van der Waals surface area contributed by atoms with Crippen molar-refractivity contribution in [2.75, 3.05) is 25.0 Å². The molecule has 1 aliphatic rings. The average Bonchev–Trinajstić information content (AvgIpc) is 2.42. The number of benzene rings is 1. The molecule has 0 amide bonds. The number of nitrogens with one attached hydrogen (secondary N) is 1. The van der Waals surface area contributed by atoms with Gasteiger partial charge >= 0.3 is 0 Å². The van der Waals surface area contributed by atoms with E-state index in [1.165, 1.54) is 17.7 Å². The van der Waals surface area contributed by atoms with Crippen LogP contribution in [0.25, 0.3) is 0 Å². The lowest BCUT2D eigenvalue weighted by Gasteiger charge is -2.32. The van der Waals surface area contributed by atoms with Crippen LogP contribution in [0.1, 0.15) is 26.7 Å². The monoisotopic (exact) mass is 280 g/mol. The highest BCUT2D eigenvalue weighted by Crippen LogP contribution is 2.18. The van der Waals surface area contributed by atoms with E-state index in [1.807, 2.05) is 0 Å². The molecular weight excluding hydrogens is 258 g/mol. The number of halogens is 2. The lowest BCUT2D eigenvalue weighted by Crippen LogP contribution is -2.39. The Morgan fingerprint density at radius 1 is 1.25 bits per heavy atom. The van der Waals surface area contributed by atoms with Gasteiger partial charge in [0.15, 0.2) is 11.6 Å². The largest absolute Gasteiger partial charge is 0.382 e. The summed E-state index contributed by atoms with van der Waals surface area (Å²) in [6.07, 6.45) is 4.29. The topological polar surface area (TPSA) is 15.3 Å². The minimum absolute atomic E-state index is 0.336. The number of rotatable bonds is 4. The van der Waals surface area contributed by atoms with Crippen molar-refractivity contribution in [2.24, 2.45) is 0 Å². The Morgan fingerprint density at radius 2 is 1.95 bits per heavy atom. The van der Waals surface area contributed by atoms with Crippen molar-refractivity contribution in [2.45, 2.75) is 32.7 Å². The van der Waals surface area contributed by atoms with Crippen LogP contribution >= 0.6 is 0 Å². The van der Waals surface area contributed by atoms with E-state index in [2.05, 4.69) is 30.1 Å². The maximum Gasteiger partial charge on any atom is 0.160 e. The first-order chi connectivity index (χ1) is 9.54. The van der Waals surface area contributed by atoms with Gasteiger partial charge in [-0.1, -0.05) is 11.6 Å². The lowest BCUT2D eigenvalue weighted by molar-refractivity contribution is 0.240. The molecule has 1 aromatic carbocycles. The van der Waals surface area contributed by atoms with Crippen LogP contribution in [-0.2, 0) is 0 Å². The quantitative estimate of drug-likeness (QED) is 0.844. The molecule has 20 heavy (non-hydrogen) atoms. The molecule has 110 valence electrons. The molecule has 0 bridgehead atoms. The van der Waals surface area contributed by atoms with E-state index >= 15 is 0 Å². The van der Waals surface area contributed by atoms with E-state index in [0.29, 0.717) is 11.7 Å². The molecule has 1 aliphatic heterocycles. The van der Waals surface area contributed by atoms with Crippen molar-refractivity contribution in [1.29, 1.82) is 0 Å². The summed E-state index contributed by atoms with van der Waals surface area (Å²) in [6.45, 7) is 7.28. The van der Waals surface area contributed by atoms with Gasteiger partial charge in [0, 0.05) is 37.4 Å². The van der Waals surface area contributed by atoms with Gasteiger partial charge in [-0.2, -0.15) is 0 Å². The van der Waals surface area contributed by atoms with Crippen LogP contribution in [0.4, 0.5) is 14.5 Å². The fourth-order valence-corrected chi connectivity index (χ4v) is 2.39. The highest BCUT2D eigenvalue weighted by molar-refractivity contribution is 5.44. The van der Waals surface area contributed by atoms with Crippen molar-refractivity contribution in [1.82, 2.24) is 4.90 Å². The van der Waals surface area contributed by atoms with Crippen molar-refractivity contribution in [3.63, 3.8) is 0 Å². The summed E-state index contributed by atoms with van der Waals surface area (Å²) in [7, 11) is 0. The van der Waals surface area contributed by atoms with Gasteiger partial charge in [-0.05, 0) is 38.8 Å². The van der Waals surface area contributed by atoms with E-state index in [-0.39, 0.29) is 0 Å². The SMILES string of the molecule is CC(C)=CCN1CCC(Nc2ccc(F)c(F)c2)CC1. The van der Waals surface area contributed by atoms with Crippen molar-refractivity contribution >= 4 is 5.69 Å². The molecule has 1 saturated heterocycles. The maximum absolute atomic E-state index is 13.1. The highest BCUT2D eigenvalue weighted by Gasteiger charge is 2.18. The number of hydrogen-bond donors (Lipinski definition) is 1. The van der Waals surface area contributed by atoms with Crippen LogP contribution in [0.3, 0.4) is 0 Å². The molecule has 0 aliphatic carbocycles. The Balaban J connectivity index is 1.82. The number of piperidine rings is 1. The Hall–Kier alpha value is -1.42. The van der Waals surface area contributed by atoms with E-state index < -0.39 is 11.6 Å². The molecule has 1 aromatic rings. The summed E-state index contributed by atoms with van der Waals surface area (Å²) in [4.78, 5) is 2.41. The molecule has 1 fully saturated rings. The Morgan fingerprint density at radius 3 is 2.55 bits per heavy atom. The van der Waals surface area contributed by atoms with E-state index in [0.717, 1.165) is 32.5 Å². The van der Waals surface area contributed by atoms with E-state index in [1.54, 1.807) is 6.07 Å². The van der Waals surface area contributed by atoms with Crippen LogP contribution in [0.15, 0.2) is 29.8 Å². The summed E-state index contributed by atoms with van der Waals surface area (Å²) >= 11 is 0. The third-order valence-electron chi connectivity index (χ3n) is 3.64. The molecule has 1 N–H and O–H groups in total. The molecular formula is C16H22F2N2. The smallest absolute Gasteiger partial charge is 0.160 e. The molecule has 0 saturated carbocycles. The number of anilines is 1. The van der Waals surface area contributed by atoms with Gasteiger partial charge in [0.25, 0.3) is 0 Å². The Kier molecular flexibility index (Phi) is 5.12. The number of allylic oxidation sites excluding steroid dienone is 1. The predicted octanol–water partition coefficient (Wildman–Crippen LogP) is 3.81. The lowest BCUT2D eigenvalue weighted by atomic mass is 10.0. The summed E-state index contributed by atoms with van der Waals surface area (Å²) < 4.78 is 26.0. The van der Waals surface area contributed by atoms with Crippen LogP contribution in [0, 0.1) is 11.6 Å². The van der Waals surface area contributed by atoms with Crippen LogP contribution in [0.2, 0.25) is 0 Å². The van der Waals surface area contributed by atoms with Gasteiger partial charge in [0.05, 0.1) is 0 Å². The zero-order chi connectivity index (χ0) is 14.5. The second-order valence-electron chi connectivity index (χ2n) is 5.63. The minimum Gasteiger partial charge on any atom is -0.382 e. The van der Waals surface area contributed by atoms with Crippen LogP contribution < -0.4 is 5.32 Å². The summed E-state index contributed by atoms with van der Waals surface area (Å²) in [5, 5.41) is 3.29. The van der Waals surface area contributed by atoms with Gasteiger partial charge in [0.2, 0.25) is 0 Å². The summed E-state index contributed by atoms with van der Waals surface area (Å²) in [5.74, 6) is -1.59. The van der Waals surface area contributed by atoms with Gasteiger partial charge in [0.1, 0.15) is 0 Å². The fraction of sp³-hybridized carbons (Fsp3) is 0.500. The van der Waals surface area contributed by atoms with Crippen LogP contribution in [-0.4, -0.2) is 30.6 Å². The molecule has 4 heteroatoms. The number of hydrogen-bond acceptors (Lipinski definition) is 2. The molecule has 0 spiro atoms. The molecule has 2 nitrogen and oxygen atoms in total. The zero-order valence-electron chi connectivity index (χ0n) is 12.1. The first-order valence-corrected chi connectivity index (χ1v) is 7.12. The van der Waals surface area contributed by atoms with Gasteiger partial charge in [-0.15, -0.1) is 0 Å². The normalized spacial score (nSPS) is 17.0. The third kappa shape index (κ3) is 4.30. The molecule has 0 unspecified atom stereocenters. The first-order valence-electron chi connectivity index (χ1n) is 7.12. The standard InChI is InChI=1S/C16H22F2N2/c1-12(2)5-8-20-9-6-13(7-10-20)19-14-3-4-15(17)16(18)11-14/h3-5,11,13,19H,6-10H2,1-2H3. The molecule has 0 aromatic heterocycles. The molecule has 0 radical (unpaired) electrons. The van der Waals surface area contributed by atoms with E-state index in [4.69, 9.17) is 0 Å². The second kappa shape index (κ2) is 6.84. The molecule has 2 rings (SSSR count). The van der Waals surface area contributed by atoms with Crippen molar-refractivity contribution < 1.29 is 8.78 Å². The van der Waals surface area contributed by atoms with Crippen molar-refractivity contribution in [3.8, 4) is 0 Å². The maximum atomic E-state index is 13.1. The van der Waals surface area contributed by atoms with Gasteiger partial charge in [-0.25, -0.2) is 8.78 Å². The molecule has 1 heterocycles. The average molecular weight is 280 g/mol. The highest BCUT2D eigenvalue weighted by atomic mass is 19.2. The molecule has 0 atom stereocenters.